The summed E-state index contributed by atoms with van der Waals surface area (Å²) in [5.74, 6) is 6.41. The summed E-state index contributed by atoms with van der Waals surface area (Å²) >= 11 is 0. The summed E-state index contributed by atoms with van der Waals surface area (Å²) < 4.78 is 17.6. The molecule has 0 aromatic carbocycles. The van der Waals surface area contributed by atoms with Gasteiger partial charge in [0, 0.05) is 26.4 Å². The van der Waals surface area contributed by atoms with Crippen LogP contribution in [0.2, 0.25) is 0 Å². The van der Waals surface area contributed by atoms with E-state index in [1.165, 1.54) is 0 Å². The van der Waals surface area contributed by atoms with Crippen LogP contribution in [0.1, 0.15) is 45.4 Å². The van der Waals surface area contributed by atoms with Crippen LogP contribution in [0.3, 0.4) is 0 Å². The maximum atomic E-state index is 6.14. The van der Waals surface area contributed by atoms with Crippen LogP contribution in [0.15, 0.2) is 0 Å². The van der Waals surface area contributed by atoms with E-state index in [0.717, 1.165) is 65.0 Å². The topological polar surface area (TPSA) is 65.7 Å². The Morgan fingerprint density at radius 2 is 1.90 bits per heavy atom. The average Bonchev–Trinajstić information content (AvgIpc) is 2.88. The molecule has 0 aromatic rings. The van der Waals surface area contributed by atoms with E-state index >= 15 is 0 Å². The first-order valence-corrected chi connectivity index (χ1v) is 7.99. The van der Waals surface area contributed by atoms with Gasteiger partial charge in [-0.15, -0.1) is 0 Å². The van der Waals surface area contributed by atoms with Crippen molar-refractivity contribution in [1.29, 1.82) is 0 Å². The Balaban J connectivity index is 1.71. The number of nitrogens with two attached hydrogens (primary N) is 1. The zero-order valence-electron chi connectivity index (χ0n) is 12.5. The molecule has 3 aliphatic rings. The van der Waals surface area contributed by atoms with E-state index < -0.39 is 0 Å². The van der Waals surface area contributed by atoms with Gasteiger partial charge in [-0.3, -0.25) is 11.3 Å². The highest BCUT2D eigenvalue weighted by atomic mass is 16.5. The van der Waals surface area contributed by atoms with Gasteiger partial charge in [0.1, 0.15) is 0 Å². The molecule has 3 N–H and O–H groups in total. The standard InChI is InChI=1S/C15H28N2O3/c1-14(4-2-7-19-14)13(17-16)12-3-8-20-15(11-12)5-9-18-10-6-15/h12-13,17H,2-11,16H2,1H3. The van der Waals surface area contributed by atoms with Crippen LogP contribution in [0, 0.1) is 5.92 Å². The Labute approximate surface area is 121 Å². The van der Waals surface area contributed by atoms with E-state index in [4.69, 9.17) is 20.1 Å². The Morgan fingerprint density at radius 3 is 2.55 bits per heavy atom. The minimum atomic E-state index is -0.122. The molecule has 0 aliphatic carbocycles. The molecular formula is C15H28N2O3. The van der Waals surface area contributed by atoms with Crippen LogP contribution in [-0.4, -0.2) is 43.7 Å². The molecule has 5 nitrogen and oxygen atoms in total. The highest BCUT2D eigenvalue weighted by Gasteiger charge is 2.47. The number of ether oxygens (including phenoxy) is 3. The van der Waals surface area contributed by atoms with Crippen molar-refractivity contribution >= 4 is 0 Å². The summed E-state index contributed by atoms with van der Waals surface area (Å²) in [7, 11) is 0. The molecule has 0 radical (unpaired) electrons. The molecule has 3 fully saturated rings. The summed E-state index contributed by atoms with van der Waals surface area (Å²) in [5.41, 5.74) is 2.96. The molecule has 3 heterocycles. The Kier molecular flexibility index (Phi) is 4.34. The summed E-state index contributed by atoms with van der Waals surface area (Å²) in [6, 6.07) is 0.216. The molecule has 0 aromatic heterocycles. The van der Waals surface area contributed by atoms with Gasteiger partial charge >= 0.3 is 0 Å². The molecule has 3 rings (SSSR count). The van der Waals surface area contributed by atoms with Crippen LogP contribution >= 0.6 is 0 Å². The second-order valence-electron chi connectivity index (χ2n) is 6.81. The first-order chi connectivity index (χ1) is 9.68. The molecule has 3 unspecified atom stereocenters. The lowest BCUT2D eigenvalue weighted by Crippen LogP contribution is -2.59. The van der Waals surface area contributed by atoms with Crippen molar-refractivity contribution in [3.63, 3.8) is 0 Å². The third kappa shape index (κ3) is 2.74. The first-order valence-electron chi connectivity index (χ1n) is 7.99. The van der Waals surface area contributed by atoms with Gasteiger partial charge in [-0.2, -0.15) is 0 Å². The van der Waals surface area contributed by atoms with Gasteiger partial charge in [0.15, 0.2) is 0 Å². The van der Waals surface area contributed by atoms with Crippen molar-refractivity contribution in [2.75, 3.05) is 26.4 Å². The molecule has 3 atom stereocenters. The van der Waals surface area contributed by atoms with Gasteiger partial charge in [-0.05, 0) is 51.4 Å². The number of rotatable bonds is 3. The third-order valence-electron chi connectivity index (χ3n) is 5.49. The van der Waals surface area contributed by atoms with Gasteiger partial charge in [-0.1, -0.05) is 0 Å². The van der Waals surface area contributed by atoms with E-state index in [2.05, 4.69) is 12.3 Å². The zero-order valence-corrected chi connectivity index (χ0v) is 12.5. The minimum Gasteiger partial charge on any atom is -0.381 e. The molecule has 5 heteroatoms. The van der Waals surface area contributed by atoms with Crippen LogP contribution < -0.4 is 11.3 Å². The predicted molar refractivity (Wildman–Crippen MR) is 76.2 cm³/mol. The summed E-state index contributed by atoms with van der Waals surface area (Å²) in [6.45, 7) is 5.54. The maximum absolute atomic E-state index is 6.14. The molecule has 0 amide bonds. The Bertz CT molecular complexity index is 320. The molecular weight excluding hydrogens is 256 g/mol. The smallest absolute Gasteiger partial charge is 0.0823 e. The van der Waals surface area contributed by atoms with Gasteiger partial charge in [0.2, 0.25) is 0 Å². The van der Waals surface area contributed by atoms with Gasteiger partial charge in [-0.25, -0.2) is 0 Å². The van der Waals surface area contributed by atoms with E-state index in [1.807, 2.05) is 0 Å². The lowest BCUT2D eigenvalue weighted by atomic mass is 9.73. The van der Waals surface area contributed by atoms with Gasteiger partial charge in [0.25, 0.3) is 0 Å². The largest absolute Gasteiger partial charge is 0.381 e. The van der Waals surface area contributed by atoms with Crippen molar-refractivity contribution in [2.24, 2.45) is 11.8 Å². The summed E-state index contributed by atoms with van der Waals surface area (Å²) in [5, 5.41) is 0. The molecule has 3 saturated heterocycles. The number of hydrazine groups is 1. The van der Waals surface area contributed by atoms with Crippen LogP contribution in [0.5, 0.6) is 0 Å². The molecule has 0 saturated carbocycles. The fourth-order valence-electron chi connectivity index (χ4n) is 4.30. The predicted octanol–water partition coefficient (Wildman–Crippen LogP) is 1.36. The number of hydrogen-bond donors (Lipinski definition) is 2. The maximum Gasteiger partial charge on any atom is 0.0823 e. The fourth-order valence-corrected chi connectivity index (χ4v) is 4.30. The quantitative estimate of drug-likeness (QED) is 0.605. The van der Waals surface area contributed by atoms with E-state index in [-0.39, 0.29) is 17.2 Å². The van der Waals surface area contributed by atoms with Crippen LogP contribution in [0.25, 0.3) is 0 Å². The van der Waals surface area contributed by atoms with Crippen molar-refractivity contribution in [2.45, 2.75) is 62.7 Å². The highest BCUT2D eigenvalue weighted by Crippen LogP contribution is 2.42. The van der Waals surface area contributed by atoms with Gasteiger partial charge < -0.3 is 14.2 Å². The van der Waals surface area contributed by atoms with Crippen molar-refractivity contribution < 1.29 is 14.2 Å². The van der Waals surface area contributed by atoms with Crippen LogP contribution in [0.4, 0.5) is 0 Å². The second-order valence-corrected chi connectivity index (χ2v) is 6.81. The molecule has 0 bridgehead atoms. The van der Waals surface area contributed by atoms with Crippen LogP contribution in [-0.2, 0) is 14.2 Å². The van der Waals surface area contributed by atoms with E-state index in [0.29, 0.717) is 5.92 Å². The fraction of sp³-hybridized carbons (Fsp3) is 1.00. The number of nitrogens with one attached hydrogen (secondary N) is 1. The minimum absolute atomic E-state index is 0.0191. The van der Waals surface area contributed by atoms with Crippen molar-refractivity contribution in [1.82, 2.24) is 5.43 Å². The number of hydrogen-bond acceptors (Lipinski definition) is 5. The zero-order chi connectivity index (χ0) is 14.1. The summed E-state index contributed by atoms with van der Waals surface area (Å²) in [4.78, 5) is 0. The first kappa shape index (κ1) is 14.7. The molecule has 116 valence electrons. The normalized spacial score (nSPS) is 39.0. The summed E-state index contributed by atoms with van der Waals surface area (Å²) in [6.07, 6.45) is 6.39. The Morgan fingerprint density at radius 1 is 1.10 bits per heavy atom. The third-order valence-corrected chi connectivity index (χ3v) is 5.49. The molecule has 20 heavy (non-hydrogen) atoms. The lowest BCUT2D eigenvalue weighted by molar-refractivity contribution is -0.159. The van der Waals surface area contributed by atoms with Crippen molar-refractivity contribution in [3.05, 3.63) is 0 Å². The second kappa shape index (κ2) is 5.89. The lowest BCUT2D eigenvalue weighted by Gasteiger charge is -2.48. The Hall–Kier alpha value is -0.200. The SMILES string of the molecule is CC1(C(NN)C2CCOC3(CCOCC3)C2)CCCO1. The van der Waals surface area contributed by atoms with E-state index in [1.54, 1.807) is 0 Å². The monoisotopic (exact) mass is 284 g/mol. The van der Waals surface area contributed by atoms with Crippen molar-refractivity contribution in [3.8, 4) is 0 Å². The molecule has 3 aliphatic heterocycles. The highest BCUT2D eigenvalue weighted by molar-refractivity contribution is 5.00. The van der Waals surface area contributed by atoms with Gasteiger partial charge in [0.05, 0.1) is 17.2 Å². The average molecular weight is 284 g/mol. The molecule has 1 spiro atoms. The van der Waals surface area contributed by atoms with E-state index in [9.17, 15) is 0 Å².